The number of halogens is 1. The van der Waals surface area contributed by atoms with Crippen molar-refractivity contribution in [3.05, 3.63) is 107 Å². The molecule has 0 spiro atoms. The molecule has 1 aromatic heterocycles. The van der Waals surface area contributed by atoms with Crippen LogP contribution in [0.25, 0.3) is 33.1 Å². The van der Waals surface area contributed by atoms with Crippen LogP contribution in [0.15, 0.2) is 100 Å². The van der Waals surface area contributed by atoms with E-state index >= 15 is 0 Å². The maximum atomic E-state index is 8.44. The van der Waals surface area contributed by atoms with Crippen LogP contribution < -0.4 is 5.73 Å². The van der Waals surface area contributed by atoms with E-state index in [2.05, 4.69) is 17.1 Å². The van der Waals surface area contributed by atoms with Gasteiger partial charge in [0.25, 0.3) is 0 Å². The fourth-order valence-electron chi connectivity index (χ4n) is 3.72. The standard InChI is InChI=1S/C26H18ClN3O/c27-21-10-4-8-19-23-20(9-5-11-22(23)31-24(19)21)26(29)30-25(28)18-14-12-17(13-15-18)16-6-2-1-3-7-16/h1-15H,(H3,28,29,30). The summed E-state index contributed by atoms with van der Waals surface area (Å²) in [5.41, 5.74) is 11.2. The quantitative estimate of drug-likeness (QED) is 0.252. The van der Waals surface area contributed by atoms with Gasteiger partial charge in [-0.25, -0.2) is 4.99 Å². The average Bonchev–Trinajstić information content (AvgIpc) is 3.20. The molecule has 0 aliphatic heterocycles. The predicted molar refractivity (Wildman–Crippen MR) is 128 cm³/mol. The lowest BCUT2D eigenvalue weighted by molar-refractivity contribution is 0.669. The van der Waals surface area contributed by atoms with Crippen molar-refractivity contribution in [1.29, 1.82) is 5.41 Å². The second kappa shape index (κ2) is 7.74. The lowest BCUT2D eigenvalue weighted by Gasteiger charge is -2.06. The Labute approximate surface area is 184 Å². The van der Waals surface area contributed by atoms with Crippen molar-refractivity contribution in [2.45, 2.75) is 0 Å². The molecule has 0 bridgehead atoms. The van der Waals surface area contributed by atoms with Gasteiger partial charge in [0, 0.05) is 21.9 Å². The number of fused-ring (bicyclic) bond motifs is 3. The van der Waals surface area contributed by atoms with Crippen LogP contribution in [-0.2, 0) is 0 Å². The fraction of sp³-hybridized carbons (Fsp3) is 0. The SMILES string of the molecule is N=C(/N=C(\N)c1cccc2oc3c(Cl)cccc3c12)c1ccc(-c2ccccc2)cc1. The largest absolute Gasteiger partial charge is 0.454 e. The highest BCUT2D eigenvalue weighted by atomic mass is 35.5. The summed E-state index contributed by atoms with van der Waals surface area (Å²) in [7, 11) is 0. The zero-order valence-electron chi connectivity index (χ0n) is 16.5. The Morgan fingerprint density at radius 1 is 0.806 bits per heavy atom. The number of benzene rings is 4. The number of nitrogens with one attached hydrogen (secondary N) is 1. The van der Waals surface area contributed by atoms with Gasteiger partial charge in [0.15, 0.2) is 11.4 Å². The first-order valence-electron chi connectivity index (χ1n) is 9.80. The number of hydrogen-bond acceptors (Lipinski definition) is 2. The molecule has 4 aromatic carbocycles. The molecular formula is C26H18ClN3O. The normalized spacial score (nSPS) is 11.8. The van der Waals surface area contributed by atoms with Gasteiger partial charge in [-0.15, -0.1) is 0 Å². The number of para-hydroxylation sites is 1. The molecular weight excluding hydrogens is 406 g/mol. The highest BCUT2D eigenvalue weighted by Crippen LogP contribution is 2.35. The van der Waals surface area contributed by atoms with Crippen LogP contribution in [0.2, 0.25) is 5.02 Å². The number of nitrogens with zero attached hydrogens (tertiary/aromatic N) is 1. The molecule has 3 N–H and O–H groups in total. The Kier molecular flexibility index (Phi) is 4.77. The van der Waals surface area contributed by atoms with Crippen LogP contribution in [0.3, 0.4) is 0 Å². The van der Waals surface area contributed by atoms with E-state index in [1.807, 2.05) is 72.8 Å². The minimum absolute atomic E-state index is 0.0972. The van der Waals surface area contributed by atoms with Crippen molar-refractivity contribution in [1.82, 2.24) is 0 Å². The third-order valence-corrected chi connectivity index (χ3v) is 5.55. The van der Waals surface area contributed by atoms with Crippen molar-refractivity contribution >= 4 is 45.2 Å². The summed E-state index contributed by atoms with van der Waals surface area (Å²) in [6.07, 6.45) is 0. The van der Waals surface area contributed by atoms with Crippen molar-refractivity contribution < 1.29 is 4.42 Å². The summed E-state index contributed by atoms with van der Waals surface area (Å²) in [6, 6.07) is 29.1. The summed E-state index contributed by atoms with van der Waals surface area (Å²) in [5.74, 6) is 0.352. The van der Waals surface area contributed by atoms with Gasteiger partial charge < -0.3 is 10.2 Å². The van der Waals surface area contributed by atoms with Crippen LogP contribution in [0, 0.1) is 5.41 Å². The van der Waals surface area contributed by atoms with Gasteiger partial charge in [-0.2, -0.15) is 0 Å². The molecule has 0 fully saturated rings. The minimum Gasteiger partial charge on any atom is -0.454 e. The zero-order chi connectivity index (χ0) is 21.4. The highest BCUT2D eigenvalue weighted by Gasteiger charge is 2.15. The van der Waals surface area contributed by atoms with Gasteiger partial charge in [0.2, 0.25) is 0 Å². The van der Waals surface area contributed by atoms with Gasteiger partial charge >= 0.3 is 0 Å². The molecule has 0 saturated heterocycles. The first-order valence-corrected chi connectivity index (χ1v) is 10.2. The number of aliphatic imine (C=N–C) groups is 1. The van der Waals surface area contributed by atoms with Crippen molar-refractivity contribution in [2.24, 2.45) is 10.7 Å². The first kappa shape index (κ1) is 19.1. The van der Waals surface area contributed by atoms with E-state index in [0.29, 0.717) is 27.3 Å². The summed E-state index contributed by atoms with van der Waals surface area (Å²) < 4.78 is 5.92. The number of furan rings is 1. The van der Waals surface area contributed by atoms with Crippen LogP contribution in [0.4, 0.5) is 0 Å². The molecule has 4 nitrogen and oxygen atoms in total. The van der Waals surface area contributed by atoms with Gasteiger partial charge in [-0.05, 0) is 23.3 Å². The van der Waals surface area contributed by atoms with E-state index in [1.54, 1.807) is 6.07 Å². The van der Waals surface area contributed by atoms with Crippen LogP contribution in [-0.4, -0.2) is 11.7 Å². The third kappa shape index (κ3) is 3.47. The van der Waals surface area contributed by atoms with Crippen molar-refractivity contribution in [3.8, 4) is 11.1 Å². The molecule has 1 heterocycles. The monoisotopic (exact) mass is 423 g/mol. The number of amidine groups is 2. The molecule has 0 radical (unpaired) electrons. The van der Waals surface area contributed by atoms with Gasteiger partial charge in [-0.1, -0.05) is 90.5 Å². The molecule has 5 heteroatoms. The summed E-state index contributed by atoms with van der Waals surface area (Å²) >= 11 is 6.29. The Bertz CT molecular complexity index is 1450. The van der Waals surface area contributed by atoms with Crippen molar-refractivity contribution in [3.63, 3.8) is 0 Å². The average molecular weight is 424 g/mol. The van der Waals surface area contributed by atoms with Gasteiger partial charge in [0.1, 0.15) is 11.4 Å². The zero-order valence-corrected chi connectivity index (χ0v) is 17.2. The van der Waals surface area contributed by atoms with E-state index in [0.717, 1.165) is 21.9 Å². The van der Waals surface area contributed by atoms with Crippen LogP contribution >= 0.6 is 11.6 Å². The van der Waals surface area contributed by atoms with Crippen LogP contribution in [0.5, 0.6) is 0 Å². The Hall–Kier alpha value is -3.89. The van der Waals surface area contributed by atoms with Crippen LogP contribution in [0.1, 0.15) is 11.1 Å². The summed E-state index contributed by atoms with van der Waals surface area (Å²) in [5, 5.41) is 10.7. The predicted octanol–water partition coefficient (Wildman–Crippen LogP) is 6.64. The maximum Gasteiger partial charge on any atom is 0.154 e. The molecule has 31 heavy (non-hydrogen) atoms. The van der Waals surface area contributed by atoms with Gasteiger partial charge in [0.05, 0.1) is 5.02 Å². The van der Waals surface area contributed by atoms with E-state index in [-0.39, 0.29) is 11.7 Å². The number of rotatable bonds is 3. The molecule has 0 atom stereocenters. The fourth-order valence-corrected chi connectivity index (χ4v) is 3.94. The molecule has 150 valence electrons. The highest BCUT2D eigenvalue weighted by molar-refractivity contribution is 6.36. The molecule has 0 unspecified atom stereocenters. The Morgan fingerprint density at radius 3 is 2.29 bits per heavy atom. The Balaban J connectivity index is 1.51. The molecule has 5 aromatic rings. The molecule has 0 aliphatic carbocycles. The number of nitrogens with two attached hydrogens (primary N) is 1. The molecule has 0 saturated carbocycles. The lowest BCUT2D eigenvalue weighted by Crippen LogP contribution is -2.16. The second-order valence-corrected chi connectivity index (χ2v) is 7.59. The Morgan fingerprint density at radius 2 is 1.52 bits per heavy atom. The molecule has 0 amide bonds. The second-order valence-electron chi connectivity index (χ2n) is 7.19. The van der Waals surface area contributed by atoms with E-state index in [4.69, 9.17) is 27.2 Å². The minimum atomic E-state index is 0.0972. The summed E-state index contributed by atoms with van der Waals surface area (Å²) in [4.78, 5) is 4.38. The van der Waals surface area contributed by atoms with Gasteiger partial charge in [-0.3, -0.25) is 5.41 Å². The maximum absolute atomic E-state index is 8.44. The van der Waals surface area contributed by atoms with E-state index in [1.165, 1.54) is 0 Å². The van der Waals surface area contributed by atoms with E-state index in [9.17, 15) is 0 Å². The summed E-state index contributed by atoms with van der Waals surface area (Å²) in [6.45, 7) is 0. The van der Waals surface area contributed by atoms with E-state index < -0.39 is 0 Å². The smallest absolute Gasteiger partial charge is 0.154 e. The third-order valence-electron chi connectivity index (χ3n) is 5.25. The number of hydrogen-bond donors (Lipinski definition) is 2. The molecule has 5 rings (SSSR count). The topological polar surface area (TPSA) is 75.4 Å². The molecule has 0 aliphatic rings. The van der Waals surface area contributed by atoms with Crippen molar-refractivity contribution in [2.75, 3.05) is 0 Å². The lowest BCUT2D eigenvalue weighted by atomic mass is 10.0. The first-order chi connectivity index (χ1) is 15.1.